The first-order valence-electron chi connectivity index (χ1n) is 11.1. The fourth-order valence-corrected chi connectivity index (χ4v) is 4.29. The third kappa shape index (κ3) is 6.50. The van der Waals surface area contributed by atoms with E-state index in [-0.39, 0.29) is 0 Å². The van der Waals surface area contributed by atoms with Crippen molar-refractivity contribution in [1.82, 2.24) is 15.3 Å². The lowest BCUT2D eigenvalue weighted by Gasteiger charge is -2.15. The van der Waals surface area contributed by atoms with Gasteiger partial charge in [-0.3, -0.25) is 0 Å². The molecule has 0 spiro atoms. The van der Waals surface area contributed by atoms with Crippen LogP contribution in [0.1, 0.15) is 30.3 Å². The van der Waals surface area contributed by atoms with Crippen molar-refractivity contribution >= 4 is 38.6 Å². The summed E-state index contributed by atoms with van der Waals surface area (Å²) in [6.45, 7) is 4.58. The Morgan fingerprint density at radius 2 is 1.88 bits per heavy atom. The number of halogens is 2. The van der Waals surface area contributed by atoms with Crippen LogP contribution in [-0.2, 0) is 19.6 Å². The van der Waals surface area contributed by atoms with Gasteiger partial charge in [-0.1, -0.05) is 51.8 Å². The maximum absolute atomic E-state index is 6.08. The van der Waals surface area contributed by atoms with E-state index in [9.17, 15) is 0 Å². The third-order valence-corrected chi connectivity index (χ3v) is 6.19. The molecule has 0 amide bonds. The number of nitrogens with zero attached hydrogens (tertiary/aromatic N) is 1. The summed E-state index contributed by atoms with van der Waals surface area (Å²) < 4.78 is 12.9. The molecule has 0 aliphatic rings. The Labute approximate surface area is 207 Å². The molecule has 1 heterocycles. The summed E-state index contributed by atoms with van der Waals surface area (Å²) in [5.74, 6) is 2.47. The zero-order chi connectivity index (χ0) is 23.0. The number of aromatic nitrogens is 2. The number of hydrogen-bond acceptors (Lipinski definition) is 4. The summed E-state index contributed by atoms with van der Waals surface area (Å²) in [5, 5.41) is 4.21. The van der Waals surface area contributed by atoms with Crippen LogP contribution in [0.25, 0.3) is 11.0 Å². The van der Waals surface area contributed by atoms with Crippen LogP contribution in [0, 0.1) is 0 Å². The number of imidazole rings is 1. The SMILES string of the molecule is CCOc1cc(CNCCCc2nc3ccccc3[nH]2)c(Br)cc1OCc1cccc(Cl)c1. The number of hydrogen-bond donors (Lipinski definition) is 2. The molecule has 0 fully saturated rings. The van der Waals surface area contributed by atoms with E-state index in [0.717, 1.165) is 64.1 Å². The first kappa shape index (κ1) is 23.6. The second-order valence-electron chi connectivity index (χ2n) is 7.72. The molecule has 5 nitrogen and oxygen atoms in total. The van der Waals surface area contributed by atoms with Crippen molar-refractivity contribution in [3.05, 3.63) is 87.1 Å². The first-order valence-corrected chi connectivity index (χ1v) is 12.3. The normalized spacial score (nSPS) is 11.1. The van der Waals surface area contributed by atoms with Crippen molar-refractivity contribution < 1.29 is 9.47 Å². The molecule has 0 bridgehead atoms. The number of H-pyrrole nitrogens is 1. The molecular weight excluding hydrogens is 502 g/mol. The predicted octanol–water partition coefficient (Wildman–Crippen LogP) is 6.68. The van der Waals surface area contributed by atoms with Gasteiger partial charge in [0.15, 0.2) is 11.5 Å². The number of aryl methyl sites for hydroxylation is 1. The van der Waals surface area contributed by atoms with E-state index < -0.39 is 0 Å². The lowest BCUT2D eigenvalue weighted by molar-refractivity contribution is 0.269. The molecule has 1 aromatic heterocycles. The van der Waals surface area contributed by atoms with Gasteiger partial charge in [-0.2, -0.15) is 0 Å². The molecule has 0 saturated heterocycles. The molecule has 172 valence electrons. The summed E-state index contributed by atoms with van der Waals surface area (Å²) in [7, 11) is 0. The number of rotatable bonds is 11. The Morgan fingerprint density at radius 3 is 2.70 bits per heavy atom. The Balaban J connectivity index is 1.31. The molecule has 33 heavy (non-hydrogen) atoms. The van der Waals surface area contributed by atoms with Crippen molar-refractivity contribution in [3.8, 4) is 11.5 Å². The second-order valence-corrected chi connectivity index (χ2v) is 9.01. The van der Waals surface area contributed by atoms with Crippen LogP contribution in [0.4, 0.5) is 0 Å². The fourth-order valence-electron chi connectivity index (χ4n) is 3.61. The Hall–Kier alpha value is -2.54. The number of aromatic amines is 1. The lowest BCUT2D eigenvalue weighted by atomic mass is 10.2. The number of ether oxygens (including phenoxy) is 2. The van der Waals surface area contributed by atoms with Gasteiger partial charge in [0.2, 0.25) is 0 Å². The summed E-state index contributed by atoms with van der Waals surface area (Å²) >= 11 is 9.76. The Morgan fingerprint density at radius 1 is 1.03 bits per heavy atom. The fraction of sp³-hybridized carbons (Fsp3) is 0.269. The van der Waals surface area contributed by atoms with E-state index >= 15 is 0 Å². The number of fused-ring (bicyclic) bond motifs is 1. The van der Waals surface area contributed by atoms with E-state index in [1.165, 1.54) is 0 Å². The van der Waals surface area contributed by atoms with Crippen LogP contribution in [0.15, 0.2) is 65.1 Å². The van der Waals surface area contributed by atoms with Gasteiger partial charge in [-0.05, 0) is 67.4 Å². The van der Waals surface area contributed by atoms with Gasteiger partial charge >= 0.3 is 0 Å². The van der Waals surface area contributed by atoms with E-state index in [0.29, 0.717) is 24.0 Å². The van der Waals surface area contributed by atoms with Crippen LogP contribution in [0.2, 0.25) is 5.02 Å². The van der Waals surface area contributed by atoms with Crippen molar-refractivity contribution in [2.45, 2.75) is 32.9 Å². The minimum absolute atomic E-state index is 0.423. The summed E-state index contributed by atoms with van der Waals surface area (Å²) in [5.41, 5.74) is 4.24. The third-order valence-electron chi connectivity index (χ3n) is 5.22. The van der Waals surface area contributed by atoms with Crippen LogP contribution < -0.4 is 14.8 Å². The first-order chi connectivity index (χ1) is 16.1. The monoisotopic (exact) mass is 527 g/mol. The molecule has 0 radical (unpaired) electrons. The zero-order valence-electron chi connectivity index (χ0n) is 18.5. The van der Waals surface area contributed by atoms with E-state index in [2.05, 4.69) is 37.3 Å². The molecule has 4 rings (SSSR count). The van der Waals surface area contributed by atoms with Gasteiger partial charge in [0, 0.05) is 22.5 Å². The Kier molecular flexibility index (Phi) is 8.26. The molecular formula is C26H27BrClN3O2. The molecule has 7 heteroatoms. The maximum atomic E-state index is 6.08. The average molecular weight is 529 g/mol. The molecule has 0 saturated carbocycles. The second kappa shape index (κ2) is 11.5. The van der Waals surface area contributed by atoms with Crippen molar-refractivity contribution in [1.29, 1.82) is 0 Å². The van der Waals surface area contributed by atoms with E-state index in [4.69, 9.17) is 21.1 Å². The van der Waals surface area contributed by atoms with Crippen LogP contribution in [0.3, 0.4) is 0 Å². The van der Waals surface area contributed by atoms with Gasteiger partial charge in [0.25, 0.3) is 0 Å². The zero-order valence-corrected chi connectivity index (χ0v) is 20.9. The van der Waals surface area contributed by atoms with E-state index in [1.54, 1.807) is 0 Å². The largest absolute Gasteiger partial charge is 0.490 e. The van der Waals surface area contributed by atoms with Crippen molar-refractivity contribution in [3.63, 3.8) is 0 Å². The van der Waals surface area contributed by atoms with Gasteiger partial charge < -0.3 is 19.8 Å². The van der Waals surface area contributed by atoms with Gasteiger partial charge in [-0.25, -0.2) is 4.98 Å². The number of benzene rings is 3. The summed E-state index contributed by atoms with van der Waals surface area (Å²) in [6, 6.07) is 19.8. The Bertz CT molecular complexity index is 1180. The number of para-hydroxylation sites is 2. The lowest BCUT2D eigenvalue weighted by Crippen LogP contribution is -2.16. The molecule has 0 atom stereocenters. The molecule has 3 aromatic carbocycles. The predicted molar refractivity (Wildman–Crippen MR) is 137 cm³/mol. The molecule has 0 unspecified atom stereocenters. The summed E-state index contributed by atoms with van der Waals surface area (Å²) in [6.07, 6.45) is 1.90. The number of nitrogens with one attached hydrogen (secondary N) is 2. The van der Waals surface area contributed by atoms with Crippen LogP contribution in [-0.4, -0.2) is 23.1 Å². The maximum Gasteiger partial charge on any atom is 0.162 e. The highest BCUT2D eigenvalue weighted by molar-refractivity contribution is 9.10. The topological polar surface area (TPSA) is 59.2 Å². The minimum atomic E-state index is 0.423. The highest BCUT2D eigenvalue weighted by Gasteiger charge is 2.12. The van der Waals surface area contributed by atoms with Crippen LogP contribution in [0.5, 0.6) is 11.5 Å². The highest BCUT2D eigenvalue weighted by Crippen LogP contribution is 2.34. The van der Waals surface area contributed by atoms with Gasteiger partial charge in [-0.15, -0.1) is 0 Å². The van der Waals surface area contributed by atoms with Crippen molar-refractivity contribution in [2.75, 3.05) is 13.2 Å². The molecule has 2 N–H and O–H groups in total. The summed E-state index contributed by atoms with van der Waals surface area (Å²) in [4.78, 5) is 8.02. The molecule has 4 aromatic rings. The minimum Gasteiger partial charge on any atom is -0.490 e. The van der Waals surface area contributed by atoms with Crippen LogP contribution >= 0.6 is 27.5 Å². The molecule has 0 aliphatic carbocycles. The quantitative estimate of drug-likeness (QED) is 0.213. The smallest absolute Gasteiger partial charge is 0.162 e. The standard InChI is InChI=1S/C26H27BrClN3O2/c1-2-32-24-14-19(21(27)15-25(24)33-17-18-7-5-8-20(28)13-18)16-29-12-6-11-26-30-22-9-3-4-10-23(22)31-26/h3-5,7-10,13-15,29H,2,6,11-12,16-17H2,1H3,(H,30,31). The van der Waals surface area contributed by atoms with Gasteiger partial charge in [0.1, 0.15) is 12.4 Å². The van der Waals surface area contributed by atoms with E-state index in [1.807, 2.05) is 61.5 Å². The highest BCUT2D eigenvalue weighted by atomic mass is 79.9. The molecule has 0 aliphatic heterocycles. The van der Waals surface area contributed by atoms with Gasteiger partial charge in [0.05, 0.1) is 17.6 Å². The average Bonchev–Trinajstić information content (AvgIpc) is 3.22. The van der Waals surface area contributed by atoms with Crippen molar-refractivity contribution in [2.24, 2.45) is 0 Å².